The summed E-state index contributed by atoms with van der Waals surface area (Å²) >= 11 is 0. The van der Waals surface area contributed by atoms with Crippen molar-refractivity contribution in [1.29, 1.82) is 0 Å². The lowest BCUT2D eigenvalue weighted by molar-refractivity contribution is -0.410. The second-order valence-corrected chi connectivity index (χ2v) is 8.55. The van der Waals surface area contributed by atoms with Crippen LogP contribution in [0.15, 0.2) is 11.6 Å². The first-order valence-electron chi connectivity index (χ1n) is 10.6. The number of hydrogen-bond donors (Lipinski definition) is 11. The molecule has 2 aliphatic heterocycles. The van der Waals surface area contributed by atoms with Gasteiger partial charge in [-0.05, 0) is 12.0 Å². The van der Waals surface area contributed by atoms with Crippen LogP contribution in [0.4, 0.5) is 0 Å². The molecule has 0 radical (unpaired) electrons. The van der Waals surface area contributed by atoms with Crippen LogP contribution in [0.25, 0.3) is 0 Å². The van der Waals surface area contributed by atoms with Crippen LogP contribution in [0.5, 0.6) is 0 Å². The minimum atomic E-state index is -2.64. The number of nitrogens with one attached hydrogen (secondary N) is 1. The van der Waals surface area contributed by atoms with E-state index in [1.807, 2.05) is 0 Å². The molecule has 0 aromatic rings. The predicted octanol–water partition coefficient (Wildman–Crippen LogP) is -6.04. The molecular weight excluding hydrogens is 450 g/mol. The van der Waals surface area contributed by atoms with Crippen LogP contribution in [-0.4, -0.2) is 144 Å². The summed E-state index contributed by atoms with van der Waals surface area (Å²) in [5.74, 6) is -2.64. The summed E-state index contributed by atoms with van der Waals surface area (Å²) in [6.07, 6.45) is -14.7. The third-order valence-electron chi connectivity index (χ3n) is 6.36. The minimum absolute atomic E-state index is 0.275. The lowest BCUT2D eigenvalue weighted by atomic mass is 9.86. The molecule has 3 rings (SSSR count). The fourth-order valence-corrected chi connectivity index (χ4v) is 4.22. The maximum atomic E-state index is 10.5. The predicted molar refractivity (Wildman–Crippen MR) is 105 cm³/mol. The third kappa shape index (κ3) is 5.10. The molecule has 2 saturated heterocycles. The molecule has 2 heterocycles. The van der Waals surface area contributed by atoms with Crippen molar-refractivity contribution in [3.63, 3.8) is 0 Å². The van der Waals surface area contributed by atoms with Crippen molar-refractivity contribution < 1.29 is 65.3 Å². The zero-order valence-electron chi connectivity index (χ0n) is 17.8. The first-order valence-corrected chi connectivity index (χ1v) is 10.6. The Balaban J connectivity index is 1.64. The summed E-state index contributed by atoms with van der Waals surface area (Å²) in [5, 5.41) is 103. The second kappa shape index (κ2) is 10.4. The van der Waals surface area contributed by atoms with Gasteiger partial charge in [0.05, 0.1) is 25.3 Å². The molecule has 14 heteroatoms. The summed E-state index contributed by atoms with van der Waals surface area (Å²) in [6, 6.07) is -1.81. The third-order valence-corrected chi connectivity index (χ3v) is 6.36. The van der Waals surface area contributed by atoms with Crippen molar-refractivity contribution in [2.75, 3.05) is 13.2 Å². The molecule has 13 atom stereocenters. The molecule has 1 aliphatic carbocycles. The van der Waals surface area contributed by atoms with E-state index in [1.54, 1.807) is 6.92 Å². The summed E-state index contributed by atoms with van der Waals surface area (Å²) < 4.78 is 15.4. The highest BCUT2D eigenvalue weighted by atomic mass is 16.8. The Hall–Kier alpha value is -0.820. The van der Waals surface area contributed by atoms with Crippen molar-refractivity contribution in [2.24, 2.45) is 0 Å². The lowest BCUT2D eigenvalue weighted by Gasteiger charge is -2.47. The van der Waals surface area contributed by atoms with Gasteiger partial charge in [-0.2, -0.15) is 0 Å². The zero-order chi connectivity index (χ0) is 24.7. The van der Waals surface area contributed by atoms with Gasteiger partial charge in [-0.3, -0.25) is 0 Å². The van der Waals surface area contributed by atoms with Crippen molar-refractivity contribution in [3.8, 4) is 0 Å². The molecular formula is C19H33NO13. The van der Waals surface area contributed by atoms with E-state index >= 15 is 0 Å². The Kier molecular flexibility index (Phi) is 8.46. The van der Waals surface area contributed by atoms with Gasteiger partial charge in [-0.25, -0.2) is 0 Å². The van der Waals surface area contributed by atoms with E-state index in [4.69, 9.17) is 19.3 Å². The van der Waals surface area contributed by atoms with Gasteiger partial charge >= 0.3 is 0 Å². The normalized spacial score (nSPS) is 51.3. The van der Waals surface area contributed by atoms with Crippen molar-refractivity contribution in [2.45, 2.75) is 92.6 Å². The first kappa shape index (κ1) is 26.8. The van der Waals surface area contributed by atoms with Crippen molar-refractivity contribution in [3.05, 3.63) is 11.6 Å². The van der Waals surface area contributed by atoms with Gasteiger partial charge in [-0.1, -0.05) is 13.0 Å². The lowest BCUT2D eigenvalue weighted by Crippen LogP contribution is -2.68. The standard InChI is InChI=1S/C19H33NO13/c1-2-6-3-7(10(23)12(25)9(6)22)20-8-4-31-18(13(26)11(8)24)32-15-14(27)16(28)19(30,5-21)33-17(15)29/h3,7-18,20-30H,2,4-5H2,1H3. The number of hydrogen-bond acceptors (Lipinski definition) is 14. The van der Waals surface area contributed by atoms with Gasteiger partial charge < -0.3 is 70.6 Å². The average molecular weight is 483 g/mol. The van der Waals surface area contributed by atoms with Crippen LogP contribution in [0.2, 0.25) is 0 Å². The molecule has 13 unspecified atom stereocenters. The zero-order valence-corrected chi connectivity index (χ0v) is 17.8. The molecule has 0 saturated carbocycles. The Morgan fingerprint density at radius 3 is 2.27 bits per heavy atom. The molecule has 0 aromatic carbocycles. The molecule has 0 aromatic heterocycles. The van der Waals surface area contributed by atoms with Crippen LogP contribution in [0.1, 0.15) is 13.3 Å². The van der Waals surface area contributed by atoms with Crippen LogP contribution in [0, 0.1) is 0 Å². The Labute approximate surface area is 188 Å². The fourth-order valence-electron chi connectivity index (χ4n) is 4.22. The Morgan fingerprint density at radius 2 is 1.67 bits per heavy atom. The summed E-state index contributed by atoms with van der Waals surface area (Å²) in [4.78, 5) is 0. The van der Waals surface area contributed by atoms with E-state index in [0.717, 1.165) is 0 Å². The van der Waals surface area contributed by atoms with Gasteiger partial charge in [-0.15, -0.1) is 0 Å². The SMILES string of the molecule is CCC1=CC(NC2COC(OC3C(O)OC(O)(CO)C(O)C3O)C(O)C2O)C(O)C(O)C1O. The molecule has 14 nitrogen and oxygen atoms in total. The van der Waals surface area contributed by atoms with Crippen LogP contribution < -0.4 is 5.32 Å². The van der Waals surface area contributed by atoms with E-state index in [9.17, 15) is 46.0 Å². The monoisotopic (exact) mass is 483 g/mol. The Bertz CT molecular complexity index is 697. The molecule has 0 spiro atoms. The highest BCUT2D eigenvalue weighted by molar-refractivity contribution is 5.21. The number of ether oxygens (including phenoxy) is 3. The maximum Gasteiger partial charge on any atom is 0.221 e. The molecule has 33 heavy (non-hydrogen) atoms. The van der Waals surface area contributed by atoms with E-state index in [1.165, 1.54) is 6.08 Å². The van der Waals surface area contributed by atoms with Crippen LogP contribution in [-0.2, 0) is 14.2 Å². The smallest absolute Gasteiger partial charge is 0.221 e. The number of aliphatic hydroxyl groups excluding tert-OH is 9. The fraction of sp³-hybridized carbons (Fsp3) is 0.895. The van der Waals surface area contributed by atoms with E-state index in [0.29, 0.717) is 12.0 Å². The topological polar surface area (TPSA) is 242 Å². The molecule has 2 fully saturated rings. The van der Waals surface area contributed by atoms with Gasteiger partial charge in [0.15, 0.2) is 12.6 Å². The highest BCUT2D eigenvalue weighted by Crippen LogP contribution is 2.31. The molecule has 0 bridgehead atoms. The van der Waals surface area contributed by atoms with E-state index in [2.05, 4.69) is 5.32 Å². The van der Waals surface area contributed by atoms with Crippen molar-refractivity contribution in [1.82, 2.24) is 5.32 Å². The average Bonchev–Trinajstić information content (AvgIpc) is 2.79. The summed E-state index contributed by atoms with van der Waals surface area (Å²) in [7, 11) is 0. The largest absolute Gasteiger partial charge is 0.391 e. The van der Waals surface area contributed by atoms with Crippen LogP contribution >= 0.6 is 0 Å². The molecule has 0 amide bonds. The van der Waals surface area contributed by atoms with Gasteiger partial charge in [0.25, 0.3) is 0 Å². The van der Waals surface area contributed by atoms with Crippen LogP contribution in [0.3, 0.4) is 0 Å². The molecule has 11 N–H and O–H groups in total. The maximum absolute atomic E-state index is 10.5. The van der Waals surface area contributed by atoms with E-state index in [-0.39, 0.29) is 6.61 Å². The summed E-state index contributed by atoms with van der Waals surface area (Å²) in [6.45, 7) is 0.358. The first-order chi connectivity index (χ1) is 15.4. The molecule has 3 aliphatic rings. The van der Waals surface area contributed by atoms with Crippen molar-refractivity contribution >= 4 is 0 Å². The van der Waals surface area contributed by atoms with Gasteiger partial charge in [0.1, 0.15) is 48.8 Å². The molecule has 192 valence electrons. The Morgan fingerprint density at radius 1 is 1.00 bits per heavy atom. The number of aliphatic hydroxyl groups is 10. The summed E-state index contributed by atoms with van der Waals surface area (Å²) in [5.41, 5.74) is 0.486. The highest BCUT2D eigenvalue weighted by Gasteiger charge is 2.55. The van der Waals surface area contributed by atoms with Gasteiger partial charge in [0, 0.05) is 0 Å². The second-order valence-electron chi connectivity index (χ2n) is 8.55. The minimum Gasteiger partial charge on any atom is -0.391 e. The van der Waals surface area contributed by atoms with E-state index < -0.39 is 85.9 Å². The quantitative estimate of drug-likeness (QED) is 0.158. The van der Waals surface area contributed by atoms with Gasteiger partial charge in [0.2, 0.25) is 5.79 Å². The number of rotatable bonds is 6.